The third kappa shape index (κ3) is 3.39. The number of esters is 1. The molecule has 0 atom stereocenters. The van der Waals surface area contributed by atoms with Gasteiger partial charge in [-0.25, -0.2) is 9.88 Å². The number of aryl methyl sites for hydroxylation is 1. The first-order valence-corrected chi connectivity index (χ1v) is 10.2. The Balaban J connectivity index is 1.27. The Morgan fingerprint density at radius 2 is 1.61 bits per heavy atom. The van der Waals surface area contributed by atoms with Crippen LogP contribution in [-0.4, -0.2) is 39.0 Å². The van der Waals surface area contributed by atoms with Crippen molar-refractivity contribution in [3.05, 3.63) is 75.8 Å². The van der Waals surface area contributed by atoms with E-state index in [-0.39, 0.29) is 24.4 Å². The molecule has 0 N–H and O–H groups in total. The summed E-state index contributed by atoms with van der Waals surface area (Å²) in [4.78, 5) is 55.4. The highest BCUT2D eigenvalue weighted by Crippen LogP contribution is 2.35. The van der Waals surface area contributed by atoms with E-state index in [4.69, 9.17) is 4.74 Å². The van der Waals surface area contributed by atoms with E-state index >= 15 is 0 Å². The molecule has 1 aromatic heterocycles. The molecule has 8 heteroatoms. The van der Waals surface area contributed by atoms with E-state index in [9.17, 15) is 19.2 Å². The summed E-state index contributed by atoms with van der Waals surface area (Å²) < 4.78 is 6.86. The van der Waals surface area contributed by atoms with Crippen molar-refractivity contribution < 1.29 is 19.1 Å². The highest BCUT2D eigenvalue weighted by atomic mass is 16.5. The molecule has 0 radical (unpaired) electrons. The van der Waals surface area contributed by atoms with Crippen molar-refractivity contribution in [1.82, 2.24) is 14.5 Å². The van der Waals surface area contributed by atoms with Gasteiger partial charge in [-0.15, -0.1) is 0 Å². The van der Waals surface area contributed by atoms with Crippen molar-refractivity contribution >= 4 is 28.7 Å². The van der Waals surface area contributed by atoms with Crippen molar-refractivity contribution in [1.29, 1.82) is 0 Å². The van der Waals surface area contributed by atoms with Gasteiger partial charge in [-0.2, -0.15) is 0 Å². The number of para-hydroxylation sites is 1. The fraction of sp³-hybridized carbons (Fsp3) is 0.261. The summed E-state index contributed by atoms with van der Waals surface area (Å²) in [6, 6.07) is 13.8. The topological polar surface area (TPSA) is 98.6 Å². The third-order valence-electron chi connectivity index (χ3n) is 5.58. The Kier molecular flexibility index (Phi) is 4.62. The molecule has 1 fully saturated rings. The second kappa shape index (κ2) is 7.46. The Hall–Kier alpha value is -3.81. The molecule has 5 rings (SSSR count). The van der Waals surface area contributed by atoms with Crippen molar-refractivity contribution in [2.24, 2.45) is 0 Å². The number of ether oxygens (including phenoxy) is 1. The lowest BCUT2D eigenvalue weighted by Crippen LogP contribution is -2.33. The van der Waals surface area contributed by atoms with Crippen LogP contribution in [0.15, 0.2) is 53.3 Å². The molecule has 8 nitrogen and oxygen atoms in total. The monoisotopic (exact) mass is 417 g/mol. The molecule has 3 aromatic rings. The number of hydrogen-bond donors (Lipinski definition) is 0. The Morgan fingerprint density at radius 3 is 2.29 bits per heavy atom. The largest absolute Gasteiger partial charge is 0.444 e. The Bertz CT molecular complexity index is 1260. The molecule has 156 valence electrons. The average molecular weight is 417 g/mol. The van der Waals surface area contributed by atoms with Gasteiger partial charge in [0.1, 0.15) is 5.82 Å². The number of hydrogen-bond acceptors (Lipinski definition) is 6. The summed E-state index contributed by atoms with van der Waals surface area (Å²) in [5, 5.41) is 0.561. The zero-order valence-corrected chi connectivity index (χ0v) is 16.6. The van der Waals surface area contributed by atoms with Crippen molar-refractivity contribution in [3.8, 4) is 0 Å². The SMILES string of the molecule is O=C(CCc1nc2ccccc2c(=O)n1C1CC1)OCN1C(=O)c2ccccc2C1=O. The molecule has 1 aliphatic heterocycles. The van der Waals surface area contributed by atoms with Gasteiger partial charge in [0.05, 0.1) is 28.5 Å². The fourth-order valence-electron chi connectivity index (χ4n) is 3.86. The maximum Gasteiger partial charge on any atom is 0.307 e. The number of carbonyl (C=O) groups is 3. The molecule has 2 heterocycles. The molecule has 2 amide bonds. The normalized spacial score (nSPS) is 15.4. The smallest absolute Gasteiger partial charge is 0.307 e. The molecular formula is C23H19N3O5. The van der Waals surface area contributed by atoms with Crippen LogP contribution in [0.5, 0.6) is 0 Å². The molecule has 0 unspecified atom stereocenters. The molecule has 0 saturated heterocycles. The van der Waals surface area contributed by atoms with Gasteiger partial charge in [-0.1, -0.05) is 24.3 Å². The second-order valence-corrected chi connectivity index (χ2v) is 7.68. The van der Waals surface area contributed by atoms with E-state index in [0.29, 0.717) is 27.9 Å². The minimum Gasteiger partial charge on any atom is -0.444 e. The number of nitrogens with zero attached hydrogens (tertiary/aromatic N) is 3. The fourth-order valence-corrected chi connectivity index (χ4v) is 3.86. The second-order valence-electron chi connectivity index (χ2n) is 7.68. The van der Waals surface area contributed by atoms with Gasteiger partial charge in [0, 0.05) is 12.5 Å². The summed E-state index contributed by atoms with van der Waals surface area (Å²) in [7, 11) is 0. The maximum absolute atomic E-state index is 12.9. The first-order chi connectivity index (χ1) is 15.0. The minimum absolute atomic E-state index is 0.0132. The summed E-state index contributed by atoms with van der Waals surface area (Å²) in [5.41, 5.74) is 1.11. The van der Waals surface area contributed by atoms with Gasteiger partial charge in [0.15, 0.2) is 6.73 Å². The summed E-state index contributed by atoms with van der Waals surface area (Å²) in [6.07, 6.45) is 2.05. The van der Waals surface area contributed by atoms with E-state index < -0.39 is 24.5 Å². The number of carbonyl (C=O) groups excluding carboxylic acids is 3. The molecule has 0 spiro atoms. The molecule has 2 aromatic carbocycles. The average Bonchev–Trinajstić information content (AvgIpc) is 3.59. The molecule has 0 bridgehead atoms. The molecule has 1 aliphatic carbocycles. The molecule has 2 aliphatic rings. The predicted molar refractivity (Wildman–Crippen MR) is 110 cm³/mol. The summed E-state index contributed by atoms with van der Waals surface area (Å²) >= 11 is 0. The molecular weight excluding hydrogens is 398 g/mol. The minimum atomic E-state index is -0.568. The third-order valence-corrected chi connectivity index (χ3v) is 5.58. The van der Waals surface area contributed by atoms with Crippen LogP contribution < -0.4 is 5.56 Å². The lowest BCUT2D eigenvalue weighted by atomic mass is 10.1. The molecule has 31 heavy (non-hydrogen) atoms. The summed E-state index contributed by atoms with van der Waals surface area (Å²) in [5.74, 6) is -0.982. The van der Waals surface area contributed by atoms with Gasteiger partial charge in [0.25, 0.3) is 17.4 Å². The number of fused-ring (bicyclic) bond motifs is 2. The summed E-state index contributed by atoms with van der Waals surface area (Å²) in [6.45, 7) is -0.439. The van der Waals surface area contributed by atoms with Crippen LogP contribution in [0.3, 0.4) is 0 Å². The van der Waals surface area contributed by atoms with Crippen LogP contribution in [0, 0.1) is 0 Å². The number of imide groups is 1. The van der Waals surface area contributed by atoms with Gasteiger partial charge in [-0.05, 0) is 37.1 Å². The Labute approximate surface area is 177 Å². The predicted octanol–water partition coefficient (Wildman–Crippen LogP) is 2.46. The van der Waals surface area contributed by atoms with Crippen LogP contribution in [0.1, 0.15) is 51.8 Å². The van der Waals surface area contributed by atoms with Crippen LogP contribution in [-0.2, 0) is 16.0 Å². The first kappa shape index (κ1) is 19.2. The molecule has 1 saturated carbocycles. The zero-order valence-electron chi connectivity index (χ0n) is 16.6. The van der Waals surface area contributed by atoms with E-state index in [2.05, 4.69) is 4.98 Å². The van der Waals surface area contributed by atoms with Gasteiger partial charge in [0.2, 0.25) is 0 Å². The van der Waals surface area contributed by atoms with Gasteiger partial charge < -0.3 is 4.74 Å². The maximum atomic E-state index is 12.9. The lowest BCUT2D eigenvalue weighted by Gasteiger charge is -2.15. The van der Waals surface area contributed by atoms with Crippen LogP contribution in [0.2, 0.25) is 0 Å². The van der Waals surface area contributed by atoms with E-state index in [1.165, 1.54) is 0 Å². The van der Waals surface area contributed by atoms with Crippen LogP contribution in [0.4, 0.5) is 0 Å². The zero-order chi connectivity index (χ0) is 21.5. The number of benzene rings is 2. The van der Waals surface area contributed by atoms with Crippen molar-refractivity contribution in [3.63, 3.8) is 0 Å². The quantitative estimate of drug-likeness (QED) is 0.451. The lowest BCUT2D eigenvalue weighted by molar-refractivity contribution is -0.146. The Morgan fingerprint density at radius 1 is 0.968 bits per heavy atom. The number of aromatic nitrogens is 2. The van der Waals surface area contributed by atoms with Crippen molar-refractivity contribution in [2.45, 2.75) is 31.7 Å². The van der Waals surface area contributed by atoms with Gasteiger partial charge >= 0.3 is 5.97 Å². The van der Waals surface area contributed by atoms with Crippen molar-refractivity contribution in [2.75, 3.05) is 6.73 Å². The van der Waals surface area contributed by atoms with E-state index in [0.717, 1.165) is 17.7 Å². The standard InChI is InChI=1S/C23H19N3O5/c27-20(31-13-25-21(28)15-5-1-2-6-16(15)22(25)29)12-11-19-24-18-8-4-3-7-17(18)23(30)26(19)14-9-10-14/h1-8,14H,9-13H2. The highest BCUT2D eigenvalue weighted by molar-refractivity contribution is 6.21. The highest BCUT2D eigenvalue weighted by Gasteiger charge is 2.35. The number of amides is 2. The van der Waals surface area contributed by atoms with E-state index in [1.807, 2.05) is 6.07 Å². The first-order valence-electron chi connectivity index (χ1n) is 10.2. The number of rotatable bonds is 6. The van der Waals surface area contributed by atoms with E-state index in [1.54, 1.807) is 47.0 Å². The van der Waals surface area contributed by atoms with Crippen LogP contribution >= 0.6 is 0 Å². The van der Waals surface area contributed by atoms with Gasteiger partial charge in [-0.3, -0.25) is 23.7 Å². The van der Waals surface area contributed by atoms with Crippen LogP contribution in [0.25, 0.3) is 10.9 Å².